The fraction of sp³-hybridized carbons (Fsp3) is 0.619. The van der Waals surface area contributed by atoms with Gasteiger partial charge in [0.2, 0.25) is 21.8 Å². The van der Waals surface area contributed by atoms with Gasteiger partial charge in [-0.1, -0.05) is 0 Å². The Hall–Kier alpha value is -1.52. The van der Waals surface area contributed by atoms with E-state index < -0.39 is 38.2 Å². The average molecular weight is 516 g/mol. The average Bonchev–Trinajstić information content (AvgIpc) is 2.58. The van der Waals surface area contributed by atoms with E-state index in [1.54, 1.807) is 0 Å². The van der Waals surface area contributed by atoms with Gasteiger partial charge >= 0.3 is 0 Å². The van der Waals surface area contributed by atoms with Gasteiger partial charge in [0, 0.05) is 10.0 Å². The maximum Gasteiger partial charge on any atom is 0.242 e. The molecule has 4 fully saturated rings. The molecule has 4 N–H and O–H groups in total. The molecule has 1 aromatic carbocycles. The number of benzene rings is 1. The molecular formula is C21H27BrFN3O4S. The van der Waals surface area contributed by atoms with Gasteiger partial charge in [0.15, 0.2) is 0 Å². The van der Waals surface area contributed by atoms with Crippen LogP contribution in [0, 0.1) is 23.1 Å². The number of hydrogen-bond acceptors (Lipinski definition) is 4. The Morgan fingerprint density at radius 2 is 1.81 bits per heavy atom. The monoisotopic (exact) mass is 515 g/mol. The molecule has 2 unspecified atom stereocenters. The molecule has 0 saturated heterocycles. The minimum Gasteiger partial charge on any atom is -0.369 e. The van der Waals surface area contributed by atoms with E-state index in [0.29, 0.717) is 18.3 Å². The van der Waals surface area contributed by atoms with Crippen LogP contribution in [0.3, 0.4) is 0 Å². The summed E-state index contributed by atoms with van der Waals surface area (Å²) in [5.74, 6) is -0.668. The van der Waals surface area contributed by atoms with Crippen molar-refractivity contribution < 1.29 is 22.4 Å². The van der Waals surface area contributed by atoms with Crippen molar-refractivity contribution in [2.24, 2.45) is 23.0 Å². The first-order valence-electron chi connectivity index (χ1n) is 10.4. The van der Waals surface area contributed by atoms with E-state index in [1.165, 1.54) is 13.8 Å². The van der Waals surface area contributed by atoms with Crippen molar-refractivity contribution in [1.29, 1.82) is 0 Å². The Balaban J connectivity index is 1.55. The van der Waals surface area contributed by atoms with Crippen molar-refractivity contribution in [2.75, 3.05) is 0 Å². The van der Waals surface area contributed by atoms with Crippen molar-refractivity contribution in [2.45, 2.75) is 68.3 Å². The van der Waals surface area contributed by atoms with Gasteiger partial charge in [-0.05, 0) is 98.3 Å². The summed E-state index contributed by atoms with van der Waals surface area (Å²) in [6.45, 7) is 2.98. The minimum absolute atomic E-state index is 0.0701. The standard InChI is InChI=1S/C21H27BrFN3O4S/c1-19(2,26-31(29,30)16-4-3-14(23)6-15(16)22)18(28)25-21-9-12-5-13(10-21)8-20(7-12,11-21)17(24)27/h3-4,6,12-13,26H,5,7-11H2,1-2H3,(H2,24,27)(H,25,28). The van der Waals surface area contributed by atoms with E-state index in [0.717, 1.165) is 50.3 Å². The molecule has 0 aliphatic heterocycles. The minimum atomic E-state index is -4.10. The molecule has 1 aromatic rings. The lowest BCUT2D eigenvalue weighted by atomic mass is 9.46. The highest BCUT2D eigenvalue weighted by Crippen LogP contribution is 2.61. The molecule has 7 nitrogen and oxygen atoms in total. The lowest BCUT2D eigenvalue weighted by molar-refractivity contribution is -0.151. The number of amides is 2. The van der Waals surface area contributed by atoms with E-state index in [-0.39, 0.29) is 15.3 Å². The molecule has 4 bridgehead atoms. The Kier molecular flexibility index (Phi) is 5.30. The van der Waals surface area contributed by atoms with Gasteiger partial charge < -0.3 is 11.1 Å². The van der Waals surface area contributed by atoms with Gasteiger partial charge in [0.05, 0.1) is 10.3 Å². The Morgan fingerprint density at radius 3 is 2.35 bits per heavy atom. The van der Waals surface area contributed by atoms with E-state index in [2.05, 4.69) is 26.0 Å². The molecule has 170 valence electrons. The third kappa shape index (κ3) is 4.02. The highest BCUT2D eigenvalue weighted by atomic mass is 79.9. The second-order valence-corrected chi connectivity index (χ2v) is 12.7. The number of halogens is 2. The molecule has 4 aliphatic carbocycles. The molecule has 0 radical (unpaired) electrons. The van der Waals surface area contributed by atoms with Gasteiger partial charge in [-0.15, -0.1) is 0 Å². The summed E-state index contributed by atoms with van der Waals surface area (Å²) in [7, 11) is -4.10. The second kappa shape index (κ2) is 7.25. The van der Waals surface area contributed by atoms with Crippen LogP contribution in [0.15, 0.2) is 27.6 Å². The molecule has 5 rings (SSSR count). The van der Waals surface area contributed by atoms with E-state index in [9.17, 15) is 22.4 Å². The fourth-order valence-electron chi connectivity index (χ4n) is 6.22. The number of hydrogen-bond donors (Lipinski definition) is 3. The fourth-order valence-corrected chi connectivity index (χ4v) is 8.65. The summed E-state index contributed by atoms with van der Waals surface area (Å²) in [5.41, 5.74) is 3.17. The SMILES string of the molecule is CC(C)(NS(=O)(=O)c1ccc(F)cc1Br)C(=O)NC12CC3CC(C1)CC(C(N)=O)(C3)C2. The maximum atomic E-state index is 13.4. The van der Waals surface area contributed by atoms with Crippen molar-refractivity contribution in [3.05, 3.63) is 28.5 Å². The Morgan fingerprint density at radius 1 is 1.19 bits per heavy atom. The summed E-state index contributed by atoms with van der Waals surface area (Å²) in [5, 5.41) is 3.10. The molecule has 0 spiro atoms. The normalized spacial score (nSPS) is 32.1. The molecule has 10 heteroatoms. The molecule has 0 heterocycles. The highest BCUT2D eigenvalue weighted by molar-refractivity contribution is 9.10. The van der Waals surface area contributed by atoms with Crippen LogP contribution in [0.1, 0.15) is 52.4 Å². The molecule has 31 heavy (non-hydrogen) atoms. The van der Waals surface area contributed by atoms with E-state index in [1.807, 2.05) is 0 Å². The maximum absolute atomic E-state index is 13.4. The number of nitrogens with one attached hydrogen (secondary N) is 2. The first-order valence-corrected chi connectivity index (χ1v) is 12.7. The van der Waals surface area contributed by atoms with E-state index in [4.69, 9.17) is 5.73 Å². The van der Waals surface area contributed by atoms with Crippen LogP contribution in [0.25, 0.3) is 0 Å². The van der Waals surface area contributed by atoms with Crippen LogP contribution in [-0.2, 0) is 19.6 Å². The smallest absolute Gasteiger partial charge is 0.242 e. The van der Waals surface area contributed by atoms with Gasteiger partial charge in [-0.25, -0.2) is 12.8 Å². The topological polar surface area (TPSA) is 118 Å². The number of primary amides is 1. The first-order chi connectivity index (χ1) is 14.3. The Labute approximate surface area is 189 Å². The molecule has 4 aliphatic rings. The molecule has 2 amide bonds. The summed E-state index contributed by atoms with van der Waals surface area (Å²) in [6.07, 6.45) is 4.63. The van der Waals surface area contributed by atoms with Crippen molar-refractivity contribution in [1.82, 2.24) is 10.0 Å². The Bertz CT molecular complexity index is 1040. The summed E-state index contributed by atoms with van der Waals surface area (Å²) < 4.78 is 41.6. The predicted molar refractivity (Wildman–Crippen MR) is 116 cm³/mol. The highest BCUT2D eigenvalue weighted by Gasteiger charge is 2.61. The third-order valence-corrected chi connectivity index (χ3v) is 9.74. The molecule has 0 aromatic heterocycles. The van der Waals surface area contributed by atoms with Crippen LogP contribution in [0.4, 0.5) is 4.39 Å². The van der Waals surface area contributed by atoms with Gasteiger partial charge in [0.1, 0.15) is 11.4 Å². The predicted octanol–water partition coefficient (Wildman–Crippen LogP) is 2.59. The van der Waals surface area contributed by atoms with Crippen LogP contribution in [-0.4, -0.2) is 31.3 Å². The van der Waals surface area contributed by atoms with Crippen LogP contribution in [0.5, 0.6) is 0 Å². The number of nitrogens with two attached hydrogens (primary N) is 1. The molecular weight excluding hydrogens is 489 g/mol. The number of rotatable bonds is 6. The summed E-state index contributed by atoms with van der Waals surface area (Å²) in [6, 6.07) is 3.25. The number of carbonyl (C=O) groups is 2. The summed E-state index contributed by atoms with van der Waals surface area (Å²) >= 11 is 3.07. The van der Waals surface area contributed by atoms with Crippen molar-refractivity contribution in [3.63, 3.8) is 0 Å². The van der Waals surface area contributed by atoms with Crippen LogP contribution < -0.4 is 15.8 Å². The number of carbonyl (C=O) groups excluding carboxylic acids is 2. The zero-order valence-electron chi connectivity index (χ0n) is 17.5. The van der Waals surface area contributed by atoms with Crippen molar-refractivity contribution in [3.8, 4) is 0 Å². The number of sulfonamides is 1. The van der Waals surface area contributed by atoms with Crippen LogP contribution in [0.2, 0.25) is 0 Å². The molecule has 2 atom stereocenters. The van der Waals surface area contributed by atoms with Gasteiger partial charge in [-0.2, -0.15) is 4.72 Å². The van der Waals surface area contributed by atoms with Gasteiger partial charge in [-0.3, -0.25) is 9.59 Å². The van der Waals surface area contributed by atoms with Gasteiger partial charge in [0.25, 0.3) is 0 Å². The zero-order chi connectivity index (χ0) is 22.8. The lowest BCUT2D eigenvalue weighted by Gasteiger charge is -2.61. The van der Waals surface area contributed by atoms with Crippen LogP contribution >= 0.6 is 15.9 Å². The largest absolute Gasteiger partial charge is 0.369 e. The zero-order valence-corrected chi connectivity index (χ0v) is 19.9. The second-order valence-electron chi connectivity index (χ2n) is 10.1. The first kappa shape index (κ1) is 22.7. The third-order valence-electron chi connectivity index (χ3n) is 7.10. The lowest BCUT2D eigenvalue weighted by Crippen LogP contribution is -2.68. The summed E-state index contributed by atoms with van der Waals surface area (Å²) in [4.78, 5) is 25.4. The van der Waals surface area contributed by atoms with E-state index >= 15 is 0 Å². The molecule has 4 saturated carbocycles. The quantitative estimate of drug-likeness (QED) is 0.539. The van der Waals surface area contributed by atoms with Crippen molar-refractivity contribution >= 4 is 37.8 Å².